The molecule has 0 spiro atoms. The van der Waals surface area contributed by atoms with Gasteiger partial charge in [0.15, 0.2) is 0 Å². The van der Waals surface area contributed by atoms with Gasteiger partial charge < -0.3 is 57.5 Å². The molecule has 0 amide bonds. The van der Waals surface area contributed by atoms with Crippen molar-refractivity contribution in [1.82, 2.24) is 0 Å². The van der Waals surface area contributed by atoms with Gasteiger partial charge in [0.05, 0.1) is 0 Å². The Hall–Kier alpha value is 0.128. The van der Waals surface area contributed by atoms with Crippen molar-refractivity contribution < 1.29 is 57.5 Å². The molecular formula is C32H80O12Si4. The van der Waals surface area contributed by atoms with E-state index >= 15 is 0 Å². The summed E-state index contributed by atoms with van der Waals surface area (Å²) < 4.78 is 5.05. The molecular weight excluding hydrogens is 689 g/mol. The summed E-state index contributed by atoms with van der Waals surface area (Å²) in [4.78, 5) is 92.8. The second-order valence-corrected chi connectivity index (χ2v) is 22.3. The van der Waals surface area contributed by atoms with Crippen LogP contribution in [0.1, 0.15) is 152 Å². The number of hydrogen-bond acceptors (Lipinski definition) is 11. The van der Waals surface area contributed by atoms with Crippen molar-refractivity contribution >= 4 is 35.2 Å². The molecule has 4 unspecified atom stereocenters. The van der Waals surface area contributed by atoms with Gasteiger partial charge in [-0.25, -0.2) is 0 Å². The van der Waals surface area contributed by atoms with Crippen molar-refractivity contribution in [2.24, 2.45) is 17.8 Å². The maximum absolute atomic E-state index is 10.1. The lowest BCUT2D eigenvalue weighted by atomic mass is 9.98. The third kappa shape index (κ3) is 40.6. The molecule has 4 atom stereocenters. The predicted molar refractivity (Wildman–Crippen MR) is 204 cm³/mol. The van der Waals surface area contributed by atoms with E-state index in [1.807, 2.05) is 6.92 Å². The van der Waals surface area contributed by atoms with E-state index in [1.54, 1.807) is 6.92 Å². The number of rotatable bonds is 24. The van der Waals surface area contributed by atoms with Gasteiger partial charge in [-0.05, 0) is 43.4 Å². The summed E-state index contributed by atoms with van der Waals surface area (Å²) in [5, 5.41) is 0. The molecule has 0 bridgehead atoms. The molecule has 0 saturated carbocycles. The zero-order valence-corrected chi connectivity index (χ0v) is 35.8. The topological polar surface area (TPSA) is 243 Å². The van der Waals surface area contributed by atoms with Crippen LogP contribution < -0.4 is 0 Å². The van der Waals surface area contributed by atoms with Crippen molar-refractivity contribution in [3.05, 3.63) is 13.2 Å². The Morgan fingerprint density at radius 1 is 0.500 bits per heavy atom. The van der Waals surface area contributed by atoms with Gasteiger partial charge >= 0.3 is 35.2 Å². The molecule has 0 radical (unpaired) electrons. The lowest BCUT2D eigenvalue weighted by Crippen LogP contribution is -2.53. The zero-order valence-electron chi connectivity index (χ0n) is 31.8. The van der Waals surface area contributed by atoms with Crippen LogP contribution in [0.25, 0.3) is 0 Å². The Kier molecular flexibility index (Phi) is 39.5. The number of unbranched alkanes of at least 4 members (excludes halogenated alkanes) is 2. The van der Waals surface area contributed by atoms with Crippen LogP contribution in [0.3, 0.4) is 0 Å². The van der Waals surface area contributed by atoms with Crippen LogP contribution in [-0.2, 0) is 4.12 Å². The van der Waals surface area contributed by atoms with Crippen molar-refractivity contribution in [3.8, 4) is 0 Å². The molecule has 16 heteroatoms. The van der Waals surface area contributed by atoms with Crippen LogP contribution in [0.5, 0.6) is 0 Å². The van der Waals surface area contributed by atoms with Gasteiger partial charge in [-0.15, -0.1) is 13.2 Å². The highest BCUT2D eigenvalue weighted by molar-refractivity contribution is 6.72. The first-order chi connectivity index (χ1) is 21.6. The molecule has 0 aromatic heterocycles. The third-order valence-corrected chi connectivity index (χ3v) is 15.4. The second-order valence-electron chi connectivity index (χ2n) is 13.1. The van der Waals surface area contributed by atoms with Crippen molar-refractivity contribution in [2.75, 3.05) is 0 Å². The summed E-state index contributed by atoms with van der Waals surface area (Å²) >= 11 is 0. The first kappa shape index (κ1) is 57.5. The Balaban J connectivity index is -0.000000207. The van der Waals surface area contributed by atoms with Gasteiger partial charge in [-0.1, -0.05) is 126 Å². The normalized spacial score (nSPS) is 14.5. The van der Waals surface area contributed by atoms with Gasteiger partial charge in [0.25, 0.3) is 0 Å². The molecule has 0 fully saturated rings. The van der Waals surface area contributed by atoms with Crippen LogP contribution in [-0.4, -0.2) is 88.7 Å². The summed E-state index contributed by atoms with van der Waals surface area (Å²) in [6.07, 6.45) is 14.4. The van der Waals surface area contributed by atoms with Gasteiger partial charge in [0.2, 0.25) is 0 Å². The van der Waals surface area contributed by atoms with Crippen LogP contribution in [0.15, 0.2) is 13.2 Å². The molecule has 0 heterocycles. The van der Waals surface area contributed by atoms with E-state index in [0.29, 0.717) is 37.0 Å². The quantitative estimate of drug-likeness (QED) is 0.0470. The predicted octanol–water partition coefficient (Wildman–Crippen LogP) is 4.86. The Labute approximate surface area is 298 Å². The number of hydrogen-bond donors (Lipinski definition) is 10. The van der Waals surface area contributed by atoms with Crippen LogP contribution >= 0.6 is 0 Å². The molecule has 0 saturated heterocycles. The highest BCUT2D eigenvalue weighted by atomic mass is 28.5. The minimum atomic E-state index is -3.98. The van der Waals surface area contributed by atoms with E-state index < -0.39 is 35.2 Å². The maximum atomic E-state index is 10.1. The fourth-order valence-electron chi connectivity index (χ4n) is 4.91. The zero-order chi connectivity index (χ0) is 37.7. The van der Waals surface area contributed by atoms with E-state index in [4.69, 9.17) is 32.9 Å². The lowest BCUT2D eigenvalue weighted by Gasteiger charge is -2.27. The molecule has 48 heavy (non-hydrogen) atoms. The van der Waals surface area contributed by atoms with Crippen molar-refractivity contribution in [2.45, 2.75) is 175 Å². The van der Waals surface area contributed by atoms with Gasteiger partial charge in [0, 0.05) is 23.7 Å². The fourth-order valence-corrected chi connectivity index (χ4v) is 10.9. The molecule has 12 N–H and O–H groups in total. The van der Waals surface area contributed by atoms with Crippen LogP contribution in [0.4, 0.5) is 0 Å². The SMILES string of the molecule is C=C.CCCC(CC)CC[Si](O)(O)O.CCCCC(C)CC[Si](O)(O)O[Si](O)(O)CCC(CC)CCC.CCCCC(C)[Si](O)(O)O.O. The summed E-state index contributed by atoms with van der Waals surface area (Å²) in [6, 6.07) is 0.470. The lowest BCUT2D eigenvalue weighted by molar-refractivity contribution is 0.149. The smallest absolute Gasteiger partial charge is 0.412 e. The van der Waals surface area contributed by atoms with Crippen molar-refractivity contribution in [1.29, 1.82) is 0 Å². The Morgan fingerprint density at radius 3 is 1.21 bits per heavy atom. The largest absolute Gasteiger partial charge is 0.495 e. The molecule has 0 rings (SSSR count). The summed E-state index contributed by atoms with van der Waals surface area (Å²) in [5.74, 6) is 1.37. The maximum Gasteiger partial charge on any atom is 0.495 e. The molecule has 0 aromatic rings. The molecule has 12 nitrogen and oxygen atoms in total. The second kappa shape index (κ2) is 33.0. The average molecular weight is 769 g/mol. The Morgan fingerprint density at radius 2 is 0.875 bits per heavy atom. The monoisotopic (exact) mass is 768 g/mol. The summed E-state index contributed by atoms with van der Waals surface area (Å²) in [5.41, 5.74) is -0.326. The molecule has 0 aliphatic carbocycles. The molecule has 0 aromatic carbocycles. The average Bonchev–Trinajstić information content (AvgIpc) is 2.98. The molecule has 0 aliphatic heterocycles. The van der Waals surface area contributed by atoms with Gasteiger partial charge in [-0.2, -0.15) is 0 Å². The summed E-state index contributed by atoms with van der Waals surface area (Å²) in [7, 11) is -15.5. The van der Waals surface area contributed by atoms with Crippen LogP contribution in [0, 0.1) is 17.8 Å². The highest BCUT2D eigenvalue weighted by Crippen LogP contribution is 2.25. The standard InChI is InChI=1S/C16H38O5Si2.C8H20O3Si.C6H16O3Si.C2H4.H2O/c1-5-8-10-15(4)11-13-22(17,18)21-23(19,20)14-12-16(7-3)9-6-2;1-3-5-8(4-2)6-7-12(9,10)11;1-3-4-5-6(2)10(7,8)9;1-2;/h15-20H,5-14H2,1-4H3;8-11H,3-7H2,1-2H3;6-9H,3-5H2,1-2H3;1-2H2;1H2. The van der Waals surface area contributed by atoms with E-state index in [0.717, 1.165) is 77.0 Å². The fraction of sp³-hybridized carbons (Fsp3) is 0.938. The molecule has 0 aliphatic rings. The third-order valence-electron chi connectivity index (χ3n) is 8.31. The minimum absolute atomic E-state index is 0. The van der Waals surface area contributed by atoms with Gasteiger partial charge in [-0.3, -0.25) is 0 Å². The minimum Gasteiger partial charge on any atom is -0.412 e. The van der Waals surface area contributed by atoms with Crippen LogP contribution in [0.2, 0.25) is 23.7 Å². The first-order valence-corrected chi connectivity index (χ1v) is 26.1. The first-order valence-electron chi connectivity index (χ1n) is 18.1. The van der Waals surface area contributed by atoms with E-state index in [9.17, 15) is 19.2 Å². The molecule has 296 valence electrons. The summed E-state index contributed by atoms with van der Waals surface area (Å²) in [6.45, 7) is 22.3. The Bertz CT molecular complexity index is 680. The van der Waals surface area contributed by atoms with E-state index in [1.165, 1.54) is 0 Å². The highest BCUT2D eigenvalue weighted by Gasteiger charge is 2.45. The van der Waals surface area contributed by atoms with Gasteiger partial charge in [0.1, 0.15) is 0 Å². The van der Waals surface area contributed by atoms with E-state index in [2.05, 4.69) is 54.7 Å². The van der Waals surface area contributed by atoms with E-state index in [-0.39, 0.29) is 29.1 Å². The van der Waals surface area contributed by atoms with Crippen molar-refractivity contribution in [3.63, 3.8) is 0 Å².